The number of hydrogen-bond donors (Lipinski definition) is 0. The minimum Gasteiger partial charge on any atom is -0.350 e. The maximum atomic E-state index is 2.94. The molecule has 32 heavy (non-hydrogen) atoms. The van der Waals surface area contributed by atoms with Crippen LogP contribution in [0.4, 0.5) is 5.69 Å². The van der Waals surface area contributed by atoms with Gasteiger partial charge in [-0.3, -0.25) is 4.90 Å². The molecule has 3 unspecified atom stereocenters. The third-order valence-corrected chi connectivity index (χ3v) is 8.39. The van der Waals surface area contributed by atoms with Gasteiger partial charge in [0.15, 0.2) is 0 Å². The summed E-state index contributed by atoms with van der Waals surface area (Å²) >= 11 is 0. The molecule has 2 heterocycles. The number of hydrogen-bond acceptors (Lipinski definition) is 2. The van der Waals surface area contributed by atoms with Crippen molar-refractivity contribution < 1.29 is 0 Å². The second-order valence-electron chi connectivity index (χ2n) is 11.5. The largest absolute Gasteiger partial charge is 0.350 e. The van der Waals surface area contributed by atoms with E-state index in [1.165, 1.54) is 48.9 Å². The summed E-state index contributed by atoms with van der Waals surface area (Å²) in [4.78, 5) is 5.69. The fourth-order valence-electron chi connectivity index (χ4n) is 7.07. The van der Waals surface area contributed by atoms with Crippen LogP contribution in [0.5, 0.6) is 0 Å². The molecule has 2 aromatic carbocycles. The van der Waals surface area contributed by atoms with Crippen molar-refractivity contribution in [2.24, 2.45) is 11.3 Å². The van der Waals surface area contributed by atoms with Crippen molar-refractivity contribution in [3.8, 4) is 0 Å². The first-order chi connectivity index (χ1) is 15.4. The fraction of sp³-hybridized carbons (Fsp3) is 0.533. The Bertz CT molecular complexity index is 966. The highest BCUT2D eigenvalue weighted by atomic mass is 15.5. The topological polar surface area (TPSA) is 6.48 Å². The molecule has 2 heteroatoms. The lowest BCUT2D eigenvalue weighted by Gasteiger charge is -2.52. The summed E-state index contributed by atoms with van der Waals surface area (Å²) in [7, 11) is 0. The number of aryl methyl sites for hydroxylation is 1. The normalized spacial score (nSPS) is 31.3. The number of nitrogens with zero attached hydrogens (tertiary/aromatic N) is 2. The molecule has 0 radical (unpaired) electrons. The summed E-state index contributed by atoms with van der Waals surface area (Å²) in [6.07, 6.45) is 12.3. The lowest BCUT2D eigenvalue weighted by atomic mass is 9.69. The number of benzene rings is 2. The van der Waals surface area contributed by atoms with Gasteiger partial charge in [0, 0.05) is 11.7 Å². The van der Waals surface area contributed by atoms with Crippen molar-refractivity contribution in [3.05, 3.63) is 77.9 Å². The monoisotopic (exact) mass is 428 g/mol. The number of fused-ring (bicyclic) bond motifs is 1. The molecule has 1 saturated carbocycles. The van der Waals surface area contributed by atoms with Gasteiger partial charge in [-0.1, -0.05) is 101 Å². The van der Waals surface area contributed by atoms with Crippen molar-refractivity contribution in [2.75, 3.05) is 4.90 Å². The standard InChI is InChI=1S/C30H40N2/c1-22-14-12-13-19-26(22)31-23(2)27-20-21-30(24-15-8-6-9-16-24,25-17-10-7-11-18-25)32(27)28(31)29(3,4)5/h6,8-9,12-16,19-21,23,25,27-28H,7,10-11,17-18H2,1-5H3/t23-,27?,28?,30?/m0/s1. The lowest BCUT2D eigenvalue weighted by Crippen LogP contribution is -2.58. The van der Waals surface area contributed by atoms with Crippen LogP contribution in [0.1, 0.15) is 70.9 Å². The molecule has 1 saturated heterocycles. The van der Waals surface area contributed by atoms with Gasteiger partial charge < -0.3 is 4.90 Å². The zero-order valence-electron chi connectivity index (χ0n) is 20.6. The first kappa shape index (κ1) is 21.8. The van der Waals surface area contributed by atoms with Crippen LogP contribution in [0, 0.1) is 18.3 Å². The Hall–Kier alpha value is -2.06. The molecule has 2 fully saturated rings. The van der Waals surface area contributed by atoms with Crippen molar-refractivity contribution in [1.29, 1.82) is 0 Å². The number of rotatable bonds is 3. The maximum Gasteiger partial charge on any atom is 0.0888 e. The Balaban J connectivity index is 1.70. The molecule has 3 aliphatic rings. The highest BCUT2D eigenvalue weighted by Crippen LogP contribution is 2.56. The molecule has 5 rings (SSSR count). The summed E-state index contributed by atoms with van der Waals surface area (Å²) in [5.74, 6) is 0.675. The average molecular weight is 429 g/mol. The molecule has 0 aromatic heterocycles. The summed E-state index contributed by atoms with van der Waals surface area (Å²) in [5, 5.41) is 0. The Morgan fingerprint density at radius 3 is 2.19 bits per heavy atom. The van der Waals surface area contributed by atoms with E-state index in [1.807, 2.05) is 0 Å². The molecular weight excluding hydrogens is 388 g/mol. The molecule has 0 spiro atoms. The van der Waals surface area contributed by atoms with Crippen molar-refractivity contribution >= 4 is 5.69 Å². The van der Waals surface area contributed by atoms with E-state index < -0.39 is 0 Å². The van der Waals surface area contributed by atoms with Gasteiger partial charge in [0.25, 0.3) is 0 Å². The van der Waals surface area contributed by atoms with Crippen LogP contribution in [0.25, 0.3) is 0 Å². The fourth-order valence-corrected chi connectivity index (χ4v) is 7.07. The van der Waals surface area contributed by atoms with Crippen LogP contribution in [-0.2, 0) is 5.54 Å². The smallest absolute Gasteiger partial charge is 0.0888 e. The molecule has 2 aliphatic heterocycles. The Kier molecular flexibility index (Phi) is 5.48. The highest BCUT2D eigenvalue weighted by molar-refractivity contribution is 5.58. The van der Waals surface area contributed by atoms with Crippen LogP contribution >= 0.6 is 0 Å². The first-order valence-corrected chi connectivity index (χ1v) is 12.7. The number of anilines is 1. The van der Waals surface area contributed by atoms with Gasteiger partial charge in [-0.2, -0.15) is 0 Å². The van der Waals surface area contributed by atoms with E-state index in [2.05, 4.69) is 111 Å². The van der Waals surface area contributed by atoms with Crippen molar-refractivity contribution in [3.63, 3.8) is 0 Å². The molecule has 1 aliphatic carbocycles. The predicted octanol–water partition coefficient (Wildman–Crippen LogP) is 7.29. The van der Waals surface area contributed by atoms with E-state index in [0.29, 0.717) is 24.2 Å². The molecule has 4 atom stereocenters. The Labute approximate surface area is 195 Å². The van der Waals surface area contributed by atoms with Gasteiger partial charge in [-0.25, -0.2) is 0 Å². The van der Waals surface area contributed by atoms with Gasteiger partial charge in [0.05, 0.1) is 17.7 Å². The number of para-hydroxylation sites is 1. The summed E-state index contributed by atoms with van der Waals surface area (Å²) in [6, 6.07) is 21.3. The molecule has 0 N–H and O–H groups in total. The van der Waals surface area contributed by atoms with E-state index in [4.69, 9.17) is 0 Å². The van der Waals surface area contributed by atoms with Gasteiger partial charge >= 0.3 is 0 Å². The minimum absolute atomic E-state index is 0.0179. The lowest BCUT2D eigenvalue weighted by molar-refractivity contribution is -0.00170. The Morgan fingerprint density at radius 2 is 1.53 bits per heavy atom. The van der Waals surface area contributed by atoms with Crippen molar-refractivity contribution in [1.82, 2.24) is 4.90 Å². The van der Waals surface area contributed by atoms with Crippen LogP contribution < -0.4 is 4.90 Å². The SMILES string of the molecule is Cc1ccccc1N1C(C(C)(C)C)N2C(C=CC2(c2ccccc2)C2CCCCC2)[C@@H]1C. The molecule has 0 amide bonds. The minimum atomic E-state index is -0.0179. The first-order valence-electron chi connectivity index (χ1n) is 12.7. The zero-order chi connectivity index (χ0) is 22.5. The van der Waals surface area contributed by atoms with E-state index in [9.17, 15) is 0 Å². The summed E-state index contributed by atoms with van der Waals surface area (Å²) < 4.78 is 0. The van der Waals surface area contributed by atoms with Gasteiger partial charge in [-0.15, -0.1) is 0 Å². The van der Waals surface area contributed by atoms with Gasteiger partial charge in [0.2, 0.25) is 0 Å². The van der Waals surface area contributed by atoms with Crippen LogP contribution in [-0.4, -0.2) is 23.1 Å². The van der Waals surface area contributed by atoms with E-state index in [-0.39, 0.29) is 11.0 Å². The van der Waals surface area contributed by atoms with Crippen LogP contribution in [0.15, 0.2) is 66.7 Å². The molecule has 2 nitrogen and oxygen atoms in total. The van der Waals surface area contributed by atoms with E-state index in [0.717, 1.165) is 0 Å². The third-order valence-electron chi connectivity index (χ3n) is 8.39. The molecular formula is C30H40N2. The maximum absolute atomic E-state index is 2.94. The quantitative estimate of drug-likeness (QED) is 0.474. The van der Waals surface area contributed by atoms with Gasteiger partial charge in [-0.05, 0) is 55.2 Å². The summed E-state index contributed by atoms with van der Waals surface area (Å²) in [6.45, 7) is 12.0. The van der Waals surface area contributed by atoms with Gasteiger partial charge in [0.1, 0.15) is 0 Å². The molecule has 170 valence electrons. The second-order valence-corrected chi connectivity index (χ2v) is 11.5. The van der Waals surface area contributed by atoms with Crippen molar-refractivity contribution in [2.45, 2.75) is 90.5 Å². The van der Waals surface area contributed by atoms with E-state index in [1.54, 1.807) is 0 Å². The molecule has 0 bridgehead atoms. The van der Waals surface area contributed by atoms with Crippen LogP contribution in [0.3, 0.4) is 0 Å². The molecule has 2 aromatic rings. The third kappa shape index (κ3) is 3.25. The Morgan fingerprint density at radius 1 is 0.875 bits per heavy atom. The van der Waals surface area contributed by atoms with Crippen LogP contribution in [0.2, 0.25) is 0 Å². The zero-order valence-corrected chi connectivity index (χ0v) is 20.6. The average Bonchev–Trinajstić information content (AvgIpc) is 3.32. The predicted molar refractivity (Wildman–Crippen MR) is 136 cm³/mol. The second kappa shape index (κ2) is 8.06. The van der Waals surface area contributed by atoms with E-state index >= 15 is 0 Å². The summed E-state index contributed by atoms with van der Waals surface area (Å²) in [5.41, 5.74) is 4.36. The highest BCUT2D eigenvalue weighted by Gasteiger charge is 2.60.